The summed E-state index contributed by atoms with van der Waals surface area (Å²) < 4.78 is 40.9. The first-order chi connectivity index (χ1) is 14.2. The van der Waals surface area contributed by atoms with E-state index in [-0.39, 0.29) is 34.6 Å². The molecule has 1 aliphatic rings. The predicted molar refractivity (Wildman–Crippen MR) is 115 cm³/mol. The van der Waals surface area contributed by atoms with E-state index in [1.54, 1.807) is 24.3 Å². The summed E-state index contributed by atoms with van der Waals surface area (Å²) in [5, 5.41) is 3.33. The van der Waals surface area contributed by atoms with E-state index in [0.717, 1.165) is 18.4 Å². The van der Waals surface area contributed by atoms with Crippen molar-refractivity contribution in [2.75, 3.05) is 0 Å². The minimum atomic E-state index is -3.61. The Morgan fingerprint density at radius 1 is 1.13 bits per heavy atom. The van der Waals surface area contributed by atoms with Crippen LogP contribution in [0.3, 0.4) is 0 Å². The van der Waals surface area contributed by atoms with Crippen molar-refractivity contribution in [3.8, 4) is 0 Å². The molecule has 5 nitrogen and oxygen atoms in total. The van der Waals surface area contributed by atoms with Gasteiger partial charge in [-0.3, -0.25) is 4.79 Å². The van der Waals surface area contributed by atoms with Crippen LogP contribution in [0.1, 0.15) is 50.6 Å². The Morgan fingerprint density at radius 3 is 2.43 bits per heavy atom. The molecule has 0 bridgehead atoms. The number of benzene rings is 2. The van der Waals surface area contributed by atoms with Crippen LogP contribution >= 0.6 is 11.6 Å². The van der Waals surface area contributed by atoms with Crippen LogP contribution < -0.4 is 10.0 Å². The summed E-state index contributed by atoms with van der Waals surface area (Å²) in [4.78, 5) is 12.5. The minimum Gasteiger partial charge on any atom is -0.350 e. The first kappa shape index (κ1) is 22.7. The summed E-state index contributed by atoms with van der Waals surface area (Å²) >= 11 is 5.90. The van der Waals surface area contributed by atoms with Crippen LogP contribution in [0.4, 0.5) is 4.39 Å². The number of halogens is 2. The van der Waals surface area contributed by atoms with Gasteiger partial charge < -0.3 is 5.32 Å². The molecule has 1 aliphatic carbocycles. The Bertz CT molecular complexity index is 974. The molecule has 1 amide bonds. The second-order valence-corrected chi connectivity index (χ2v) is 9.99. The maximum absolute atomic E-state index is 13.0. The molecule has 0 aromatic heterocycles. The third-order valence-electron chi connectivity index (χ3n) is 5.50. The van der Waals surface area contributed by atoms with Gasteiger partial charge in [0.25, 0.3) is 0 Å². The molecule has 3 rings (SSSR count). The predicted octanol–water partition coefficient (Wildman–Crippen LogP) is 4.58. The van der Waals surface area contributed by atoms with E-state index in [1.807, 2.05) is 6.92 Å². The zero-order valence-corrected chi connectivity index (χ0v) is 18.3. The molecule has 0 radical (unpaired) electrons. The highest BCUT2D eigenvalue weighted by molar-refractivity contribution is 7.89. The molecule has 1 saturated carbocycles. The molecule has 1 fully saturated rings. The minimum absolute atomic E-state index is 0.0465. The van der Waals surface area contributed by atoms with Crippen LogP contribution in [0.5, 0.6) is 0 Å². The molecule has 30 heavy (non-hydrogen) atoms. The molecule has 0 spiro atoms. The van der Waals surface area contributed by atoms with E-state index >= 15 is 0 Å². The normalized spacial score (nSPS) is 20.5. The van der Waals surface area contributed by atoms with Gasteiger partial charge >= 0.3 is 0 Å². The van der Waals surface area contributed by atoms with E-state index in [4.69, 9.17) is 11.6 Å². The standard InChI is InChI=1S/C22H26ClFN2O3S/c1-15(17-7-9-19(24)10-8-17)25-22(27)13-16-5-11-20(12-6-16)26-30(28,29)21-4-2-3-18(23)14-21/h2-4,7-10,14-16,20,26H,5-6,11-13H2,1H3,(H,25,27)/t15-,16?,20?/m1/s1. The largest absolute Gasteiger partial charge is 0.350 e. The van der Waals surface area contributed by atoms with Gasteiger partial charge in [0, 0.05) is 17.5 Å². The van der Waals surface area contributed by atoms with Crippen molar-refractivity contribution in [3.63, 3.8) is 0 Å². The molecule has 0 unspecified atom stereocenters. The fourth-order valence-electron chi connectivity index (χ4n) is 3.80. The van der Waals surface area contributed by atoms with E-state index in [1.165, 1.54) is 24.3 Å². The zero-order chi connectivity index (χ0) is 21.7. The highest BCUT2D eigenvalue weighted by Crippen LogP contribution is 2.28. The van der Waals surface area contributed by atoms with Gasteiger partial charge in [0.05, 0.1) is 10.9 Å². The van der Waals surface area contributed by atoms with Crippen LogP contribution in [0, 0.1) is 11.7 Å². The Labute approximate surface area is 182 Å². The van der Waals surface area contributed by atoms with Gasteiger partial charge in [-0.1, -0.05) is 29.8 Å². The zero-order valence-electron chi connectivity index (χ0n) is 16.8. The average Bonchev–Trinajstić information content (AvgIpc) is 2.69. The van der Waals surface area contributed by atoms with Crippen molar-refractivity contribution in [1.82, 2.24) is 10.0 Å². The number of rotatable bonds is 7. The Morgan fingerprint density at radius 2 is 1.80 bits per heavy atom. The highest BCUT2D eigenvalue weighted by atomic mass is 35.5. The Balaban J connectivity index is 1.46. The topological polar surface area (TPSA) is 75.3 Å². The molecule has 2 aromatic rings. The van der Waals surface area contributed by atoms with E-state index in [2.05, 4.69) is 10.0 Å². The molecule has 0 saturated heterocycles. The van der Waals surface area contributed by atoms with Crippen molar-refractivity contribution < 1.29 is 17.6 Å². The Kier molecular flexibility index (Phi) is 7.50. The number of nitrogens with one attached hydrogen (secondary N) is 2. The van der Waals surface area contributed by atoms with E-state index in [0.29, 0.717) is 24.3 Å². The summed E-state index contributed by atoms with van der Waals surface area (Å²) in [6.07, 6.45) is 3.33. The van der Waals surface area contributed by atoms with E-state index < -0.39 is 10.0 Å². The molecule has 0 aliphatic heterocycles. The van der Waals surface area contributed by atoms with Crippen molar-refractivity contribution >= 4 is 27.5 Å². The number of carbonyl (C=O) groups excluding carboxylic acids is 1. The van der Waals surface area contributed by atoms with Crippen LogP contribution in [-0.4, -0.2) is 20.4 Å². The first-order valence-electron chi connectivity index (χ1n) is 10.1. The maximum atomic E-state index is 13.0. The fraction of sp³-hybridized carbons (Fsp3) is 0.409. The van der Waals surface area contributed by atoms with E-state index in [9.17, 15) is 17.6 Å². The number of amides is 1. The first-order valence-corrected chi connectivity index (χ1v) is 11.9. The third kappa shape index (κ3) is 6.27. The van der Waals surface area contributed by atoms with Crippen LogP contribution in [0.15, 0.2) is 53.4 Å². The second kappa shape index (κ2) is 9.90. The molecular formula is C22H26ClFN2O3S. The van der Waals surface area contributed by atoms with Crippen molar-refractivity contribution in [2.24, 2.45) is 5.92 Å². The average molecular weight is 453 g/mol. The van der Waals surface area contributed by atoms with Gasteiger partial charge in [-0.2, -0.15) is 0 Å². The van der Waals surface area contributed by atoms with Crippen molar-refractivity contribution in [2.45, 2.75) is 56.0 Å². The van der Waals surface area contributed by atoms with Crippen molar-refractivity contribution in [3.05, 3.63) is 64.9 Å². The van der Waals surface area contributed by atoms with Gasteiger partial charge in [0.2, 0.25) is 15.9 Å². The van der Waals surface area contributed by atoms with Gasteiger partial charge in [0.15, 0.2) is 0 Å². The Hall–Kier alpha value is -1.96. The molecular weight excluding hydrogens is 427 g/mol. The summed E-state index contributed by atoms with van der Waals surface area (Å²) in [6, 6.07) is 11.9. The summed E-state index contributed by atoms with van der Waals surface area (Å²) in [5.41, 5.74) is 0.851. The van der Waals surface area contributed by atoms with Gasteiger partial charge in [-0.05, 0) is 74.4 Å². The summed E-state index contributed by atoms with van der Waals surface area (Å²) in [7, 11) is -3.61. The lowest BCUT2D eigenvalue weighted by Crippen LogP contribution is -2.38. The lowest BCUT2D eigenvalue weighted by molar-refractivity contribution is -0.122. The number of carbonyl (C=O) groups is 1. The highest BCUT2D eigenvalue weighted by Gasteiger charge is 2.27. The SMILES string of the molecule is C[C@@H](NC(=O)CC1CCC(NS(=O)(=O)c2cccc(Cl)c2)CC1)c1ccc(F)cc1. The molecule has 8 heteroatoms. The lowest BCUT2D eigenvalue weighted by Gasteiger charge is -2.29. The monoisotopic (exact) mass is 452 g/mol. The quantitative estimate of drug-likeness (QED) is 0.645. The van der Waals surface area contributed by atoms with Crippen molar-refractivity contribution in [1.29, 1.82) is 0 Å². The maximum Gasteiger partial charge on any atom is 0.240 e. The third-order valence-corrected chi connectivity index (χ3v) is 7.25. The van der Waals surface area contributed by atoms with Gasteiger partial charge in [-0.25, -0.2) is 17.5 Å². The molecule has 0 heterocycles. The second-order valence-electron chi connectivity index (χ2n) is 7.84. The fourth-order valence-corrected chi connectivity index (χ4v) is 5.41. The molecule has 2 N–H and O–H groups in total. The number of hydrogen-bond donors (Lipinski definition) is 2. The van der Waals surface area contributed by atoms with Crippen LogP contribution in [-0.2, 0) is 14.8 Å². The van der Waals surface area contributed by atoms with Crippen LogP contribution in [0.2, 0.25) is 5.02 Å². The summed E-state index contributed by atoms with van der Waals surface area (Å²) in [6.45, 7) is 1.87. The smallest absolute Gasteiger partial charge is 0.240 e. The number of hydrogen-bond acceptors (Lipinski definition) is 3. The van der Waals surface area contributed by atoms with Gasteiger partial charge in [0.1, 0.15) is 5.82 Å². The molecule has 1 atom stereocenters. The lowest BCUT2D eigenvalue weighted by atomic mass is 9.84. The summed E-state index contributed by atoms with van der Waals surface area (Å²) in [5.74, 6) is -0.132. The van der Waals surface area contributed by atoms with Gasteiger partial charge in [-0.15, -0.1) is 0 Å². The molecule has 162 valence electrons. The van der Waals surface area contributed by atoms with Crippen LogP contribution in [0.25, 0.3) is 0 Å². The molecule has 2 aromatic carbocycles. The number of sulfonamides is 1.